The van der Waals surface area contributed by atoms with Gasteiger partial charge in [-0.05, 0) is 59.1 Å². The molecule has 166 valence electrons. The average Bonchev–Trinajstić information content (AvgIpc) is 3.16. The lowest BCUT2D eigenvalue weighted by atomic mass is 9.98. The molecule has 3 aromatic heterocycles. The number of carbonyl (C=O) groups excluding carboxylic acids is 1. The zero-order valence-electron chi connectivity index (χ0n) is 18.8. The van der Waals surface area contributed by atoms with Gasteiger partial charge in [-0.15, -0.1) is 11.3 Å². The second kappa shape index (κ2) is 9.52. The van der Waals surface area contributed by atoms with E-state index >= 15 is 0 Å². The predicted octanol–water partition coefficient (Wildman–Crippen LogP) is 4.47. The van der Waals surface area contributed by atoms with Crippen LogP contribution in [0.2, 0.25) is 0 Å². The van der Waals surface area contributed by atoms with Crippen LogP contribution in [0.4, 0.5) is 11.8 Å². The van der Waals surface area contributed by atoms with Crippen molar-refractivity contribution in [2.75, 3.05) is 11.9 Å². The number of thiazole rings is 1. The van der Waals surface area contributed by atoms with Crippen LogP contribution in [0.3, 0.4) is 0 Å². The van der Waals surface area contributed by atoms with Crippen molar-refractivity contribution in [3.05, 3.63) is 57.2 Å². The molecule has 0 aromatic carbocycles. The monoisotopic (exact) mass is 449 g/mol. The molecule has 0 aliphatic carbocycles. The Morgan fingerprint density at radius 1 is 1.06 bits per heavy atom. The molecule has 4 rings (SSSR count). The highest BCUT2D eigenvalue weighted by atomic mass is 32.1. The van der Waals surface area contributed by atoms with E-state index < -0.39 is 0 Å². The minimum atomic E-state index is -0.0968. The molecule has 32 heavy (non-hydrogen) atoms. The van der Waals surface area contributed by atoms with Gasteiger partial charge < -0.3 is 10.2 Å². The summed E-state index contributed by atoms with van der Waals surface area (Å²) in [6.45, 7) is 8.38. The molecule has 8 nitrogen and oxygen atoms in total. The van der Waals surface area contributed by atoms with Gasteiger partial charge in [0.1, 0.15) is 11.6 Å². The predicted molar refractivity (Wildman–Crippen MR) is 126 cm³/mol. The summed E-state index contributed by atoms with van der Waals surface area (Å²) in [6, 6.07) is 3.73. The maximum absolute atomic E-state index is 13.0. The van der Waals surface area contributed by atoms with Crippen LogP contribution in [0.5, 0.6) is 0 Å². The van der Waals surface area contributed by atoms with Crippen LogP contribution < -0.4 is 5.32 Å². The lowest BCUT2D eigenvalue weighted by molar-refractivity contribution is -0.129. The fourth-order valence-electron chi connectivity index (χ4n) is 3.93. The Bertz CT molecular complexity index is 1140. The number of nitrogens with zero attached hydrogens (tertiary/aromatic N) is 6. The van der Waals surface area contributed by atoms with Crippen molar-refractivity contribution >= 4 is 35.1 Å². The number of rotatable bonds is 5. The van der Waals surface area contributed by atoms with Crippen LogP contribution in [-0.4, -0.2) is 42.3 Å². The summed E-state index contributed by atoms with van der Waals surface area (Å²) >= 11 is 1.57. The molecule has 1 fully saturated rings. The van der Waals surface area contributed by atoms with E-state index in [2.05, 4.69) is 30.2 Å². The Hall–Kier alpha value is -3.20. The molecule has 0 saturated carbocycles. The highest BCUT2D eigenvalue weighted by molar-refractivity contribution is 7.09. The molecule has 1 atom stereocenters. The Morgan fingerprint density at radius 2 is 1.84 bits per heavy atom. The molecule has 1 amide bonds. The number of aryl methyl sites for hydroxylation is 4. The third-order valence-corrected chi connectivity index (χ3v) is 6.03. The second-order valence-electron chi connectivity index (χ2n) is 7.99. The highest BCUT2D eigenvalue weighted by Gasteiger charge is 2.28. The average molecular weight is 450 g/mol. The van der Waals surface area contributed by atoms with Gasteiger partial charge in [0.25, 0.3) is 0 Å². The molecule has 0 radical (unpaired) electrons. The number of anilines is 2. The third kappa shape index (κ3) is 5.34. The van der Waals surface area contributed by atoms with Crippen molar-refractivity contribution in [1.82, 2.24) is 29.8 Å². The van der Waals surface area contributed by atoms with Crippen molar-refractivity contribution in [2.45, 2.75) is 53.0 Å². The normalized spacial score (nSPS) is 16.5. The van der Waals surface area contributed by atoms with Crippen LogP contribution in [0.25, 0.3) is 6.08 Å². The van der Waals surface area contributed by atoms with Crippen molar-refractivity contribution in [2.24, 2.45) is 0 Å². The largest absolute Gasteiger partial charge is 0.331 e. The van der Waals surface area contributed by atoms with Gasteiger partial charge in [0, 0.05) is 35.5 Å². The number of aromatic nitrogens is 5. The number of likely N-dealkylation sites (tertiary alicyclic amines) is 1. The molecule has 0 bridgehead atoms. The maximum Gasteiger partial charge on any atom is 0.247 e. The first-order valence-corrected chi connectivity index (χ1v) is 11.6. The van der Waals surface area contributed by atoms with Crippen molar-refractivity contribution in [1.29, 1.82) is 0 Å². The summed E-state index contributed by atoms with van der Waals surface area (Å²) in [5.41, 5.74) is 3.41. The molecule has 3 aromatic rings. The van der Waals surface area contributed by atoms with E-state index in [9.17, 15) is 4.79 Å². The highest BCUT2D eigenvalue weighted by Crippen LogP contribution is 2.31. The van der Waals surface area contributed by atoms with Crippen LogP contribution in [0.1, 0.15) is 58.9 Å². The topological polar surface area (TPSA) is 96.8 Å². The lowest BCUT2D eigenvalue weighted by Crippen LogP contribution is -2.38. The molecule has 1 N–H and O–H groups in total. The minimum Gasteiger partial charge on any atom is -0.331 e. The Labute approximate surface area is 191 Å². The number of hydrogen-bond acceptors (Lipinski definition) is 8. The van der Waals surface area contributed by atoms with Crippen LogP contribution in [0, 0.1) is 27.7 Å². The summed E-state index contributed by atoms with van der Waals surface area (Å²) in [4.78, 5) is 37.4. The van der Waals surface area contributed by atoms with Gasteiger partial charge in [0.05, 0.1) is 22.4 Å². The zero-order chi connectivity index (χ0) is 22.7. The molecule has 1 saturated heterocycles. The number of piperidine rings is 1. The second-order valence-corrected chi connectivity index (χ2v) is 9.05. The van der Waals surface area contributed by atoms with Gasteiger partial charge in [-0.3, -0.25) is 4.79 Å². The molecule has 0 spiro atoms. The van der Waals surface area contributed by atoms with E-state index in [-0.39, 0.29) is 11.9 Å². The Balaban J connectivity index is 1.57. The molecule has 9 heteroatoms. The lowest BCUT2D eigenvalue weighted by Gasteiger charge is -2.35. The first kappa shape index (κ1) is 22.0. The summed E-state index contributed by atoms with van der Waals surface area (Å²) in [5, 5.41) is 6.14. The van der Waals surface area contributed by atoms with Gasteiger partial charge in [0.2, 0.25) is 11.9 Å². The van der Waals surface area contributed by atoms with E-state index in [1.54, 1.807) is 23.5 Å². The van der Waals surface area contributed by atoms with Gasteiger partial charge in [0.15, 0.2) is 0 Å². The summed E-state index contributed by atoms with van der Waals surface area (Å²) in [7, 11) is 0. The first-order valence-electron chi connectivity index (χ1n) is 10.7. The van der Waals surface area contributed by atoms with Gasteiger partial charge >= 0.3 is 0 Å². The maximum atomic E-state index is 13.0. The molecular weight excluding hydrogens is 422 g/mol. The van der Waals surface area contributed by atoms with Crippen molar-refractivity contribution in [3.63, 3.8) is 0 Å². The van der Waals surface area contributed by atoms with E-state index in [4.69, 9.17) is 0 Å². The van der Waals surface area contributed by atoms with Crippen LogP contribution in [-0.2, 0) is 4.79 Å². The number of nitrogens with one attached hydrogen (secondary N) is 1. The van der Waals surface area contributed by atoms with Gasteiger partial charge in [-0.2, -0.15) is 0 Å². The molecule has 4 heterocycles. The van der Waals surface area contributed by atoms with E-state index in [1.807, 2.05) is 50.1 Å². The molecular formula is C23H27N7OS. The summed E-state index contributed by atoms with van der Waals surface area (Å²) < 4.78 is 0. The van der Waals surface area contributed by atoms with Crippen molar-refractivity contribution in [3.8, 4) is 0 Å². The SMILES string of the molecule is Cc1cc(C)nc(Nc2cc([C@H]3CCCCN3C(=O)/C=C/c3csc(C)n3)nc(C)n2)n1. The summed E-state index contributed by atoms with van der Waals surface area (Å²) in [5.74, 6) is 1.75. The number of hydrogen-bond donors (Lipinski definition) is 1. The quantitative estimate of drug-likeness (QED) is 0.574. The van der Waals surface area contributed by atoms with Gasteiger partial charge in [-0.1, -0.05) is 0 Å². The molecule has 0 unspecified atom stereocenters. The van der Waals surface area contributed by atoms with Gasteiger partial charge in [-0.25, -0.2) is 24.9 Å². The number of amides is 1. The molecule has 1 aliphatic heterocycles. The third-order valence-electron chi connectivity index (χ3n) is 5.24. The number of carbonyl (C=O) groups is 1. The zero-order valence-corrected chi connectivity index (χ0v) is 19.6. The summed E-state index contributed by atoms with van der Waals surface area (Å²) in [6.07, 6.45) is 6.30. The van der Waals surface area contributed by atoms with E-state index in [0.717, 1.165) is 47.0 Å². The fourth-order valence-corrected chi connectivity index (χ4v) is 4.51. The standard InChI is InChI=1S/C23H27N7OS/c1-14-11-15(2)25-23(24-14)29-21-12-19(26-16(3)27-21)20-7-5-6-10-30(20)22(31)9-8-18-13-32-17(4)28-18/h8-9,11-13,20H,5-7,10H2,1-4H3,(H,24,25,26,27,29)/b9-8+/t20-/m1/s1. The van der Waals surface area contributed by atoms with Crippen LogP contribution in [0.15, 0.2) is 23.6 Å². The van der Waals surface area contributed by atoms with E-state index in [1.165, 1.54) is 0 Å². The van der Waals surface area contributed by atoms with Crippen molar-refractivity contribution < 1.29 is 4.79 Å². The first-order chi connectivity index (χ1) is 15.4. The molecule has 1 aliphatic rings. The Kier molecular flexibility index (Phi) is 6.55. The Morgan fingerprint density at radius 3 is 2.56 bits per heavy atom. The van der Waals surface area contributed by atoms with E-state index in [0.29, 0.717) is 24.1 Å². The fraction of sp³-hybridized carbons (Fsp3) is 0.391. The van der Waals surface area contributed by atoms with Crippen LogP contribution >= 0.6 is 11.3 Å². The minimum absolute atomic E-state index is 0.0243. The smallest absolute Gasteiger partial charge is 0.247 e.